The highest BCUT2D eigenvalue weighted by atomic mass is 32.1. The Bertz CT molecular complexity index is 861. The van der Waals surface area contributed by atoms with Gasteiger partial charge in [-0.25, -0.2) is 4.98 Å². The molecule has 0 N–H and O–H groups in total. The lowest BCUT2D eigenvalue weighted by atomic mass is 10.1. The van der Waals surface area contributed by atoms with Gasteiger partial charge in [-0.15, -0.1) is 11.3 Å². The van der Waals surface area contributed by atoms with Crippen molar-refractivity contribution in [2.45, 2.75) is 25.8 Å². The van der Waals surface area contributed by atoms with Gasteiger partial charge >= 0.3 is 0 Å². The Morgan fingerprint density at radius 1 is 1.17 bits per heavy atom. The zero-order valence-electron chi connectivity index (χ0n) is 14.0. The first-order valence-corrected chi connectivity index (χ1v) is 9.21. The van der Waals surface area contributed by atoms with Gasteiger partial charge in [0, 0.05) is 31.2 Å². The number of fused-ring (bicyclic) bond motifs is 2. The molecule has 5 heteroatoms. The van der Waals surface area contributed by atoms with Gasteiger partial charge < -0.3 is 4.74 Å². The van der Waals surface area contributed by atoms with Crippen molar-refractivity contribution in [2.75, 3.05) is 20.2 Å². The summed E-state index contributed by atoms with van der Waals surface area (Å²) in [6.45, 7) is 4.36. The highest BCUT2D eigenvalue weighted by molar-refractivity contribution is 7.16. The van der Waals surface area contributed by atoms with E-state index in [-0.39, 0.29) is 0 Å². The Morgan fingerprint density at radius 3 is 2.92 bits per heavy atom. The van der Waals surface area contributed by atoms with Crippen LogP contribution in [-0.2, 0) is 12.8 Å². The average Bonchev–Trinajstić information content (AvgIpc) is 2.99. The molecule has 24 heavy (non-hydrogen) atoms. The first-order valence-electron chi connectivity index (χ1n) is 8.33. The molecule has 0 saturated heterocycles. The van der Waals surface area contributed by atoms with E-state index in [0.29, 0.717) is 6.04 Å². The predicted octanol–water partition coefficient (Wildman–Crippen LogP) is 3.86. The SMILES string of the molecule is COc1cnc2c(c1)CCN(C(C)c1ccc3scnc3c1)CC2. The zero-order valence-corrected chi connectivity index (χ0v) is 14.8. The maximum atomic E-state index is 5.32. The molecule has 4 rings (SSSR count). The van der Waals surface area contributed by atoms with Gasteiger partial charge in [0.15, 0.2) is 0 Å². The quantitative estimate of drug-likeness (QED) is 0.726. The highest BCUT2D eigenvalue weighted by Crippen LogP contribution is 2.28. The Hall–Kier alpha value is -1.98. The minimum Gasteiger partial charge on any atom is -0.495 e. The van der Waals surface area contributed by atoms with Crippen LogP contribution in [0.1, 0.15) is 29.8 Å². The van der Waals surface area contributed by atoms with Crippen LogP contribution in [0.4, 0.5) is 0 Å². The number of methoxy groups -OCH3 is 1. The van der Waals surface area contributed by atoms with Crippen LogP contribution in [0.15, 0.2) is 36.0 Å². The molecule has 0 amide bonds. The van der Waals surface area contributed by atoms with Gasteiger partial charge in [-0.1, -0.05) is 6.07 Å². The van der Waals surface area contributed by atoms with E-state index in [4.69, 9.17) is 4.74 Å². The number of aromatic nitrogens is 2. The number of hydrogen-bond acceptors (Lipinski definition) is 5. The largest absolute Gasteiger partial charge is 0.495 e. The van der Waals surface area contributed by atoms with Gasteiger partial charge in [0.25, 0.3) is 0 Å². The molecule has 1 aliphatic heterocycles. The van der Waals surface area contributed by atoms with Crippen molar-refractivity contribution in [3.63, 3.8) is 0 Å². The lowest BCUT2D eigenvalue weighted by Gasteiger charge is -2.27. The third kappa shape index (κ3) is 2.89. The summed E-state index contributed by atoms with van der Waals surface area (Å²) in [5.41, 5.74) is 6.89. The maximum Gasteiger partial charge on any atom is 0.137 e. The molecule has 0 saturated carbocycles. The van der Waals surface area contributed by atoms with Gasteiger partial charge in [-0.2, -0.15) is 0 Å². The molecule has 0 aliphatic carbocycles. The molecule has 124 valence electrons. The molecular weight excluding hydrogens is 318 g/mol. The van der Waals surface area contributed by atoms with Gasteiger partial charge in [0.1, 0.15) is 5.75 Å². The Labute approximate surface area is 146 Å². The van der Waals surface area contributed by atoms with Crippen molar-refractivity contribution < 1.29 is 4.74 Å². The van der Waals surface area contributed by atoms with Gasteiger partial charge in [-0.05, 0) is 42.7 Å². The summed E-state index contributed by atoms with van der Waals surface area (Å²) in [7, 11) is 1.70. The van der Waals surface area contributed by atoms with Crippen molar-refractivity contribution in [1.82, 2.24) is 14.9 Å². The minimum absolute atomic E-state index is 0.382. The fourth-order valence-electron chi connectivity index (χ4n) is 3.43. The number of pyridine rings is 1. The third-order valence-corrected chi connectivity index (χ3v) is 5.77. The van der Waals surface area contributed by atoms with Gasteiger partial charge in [-0.3, -0.25) is 9.88 Å². The molecule has 1 aromatic carbocycles. The van der Waals surface area contributed by atoms with Crippen molar-refractivity contribution in [1.29, 1.82) is 0 Å². The van der Waals surface area contributed by atoms with Crippen LogP contribution in [0.2, 0.25) is 0 Å². The Morgan fingerprint density at radius 2 is 2.04 bits per heavy atom. The molecule has 3 heterocycles. The molecular formula is C19H21N3OS. The first kappa shape index (κ1) is 15.5. The molecule has 2 aromatic heterocycles. The third-order valence-electron chi connectivity index (χ3n) is 4.96. The second-order valence-corrected chi connectivity index (χ2v) is 7.16. The van der Waals surface area contributed by atoms with Crippen molar-refractivity contribution in [2.24, 2.45) is 0 Å². The minimum atomic E-state index is 0.382. The average molecular weight is 339 g/mol. The summed E-state index contributed by atoms with van der Waals surface area (Å²) in [5.74, 6) is 0.851. The van der Waals surface area contributed by atoms with E-state index in [1.165, 1.54) is 21.5 Å². The number of nitrogens with zero attached hydrogens (tertiary/aromatic N) is 3. The number of rotatable bonds is 3. The highest BCUT2D eigenvalue weighted by Gasteiger charge is 2.21. The summed E-state index contributed by atoms with van der Waals surface area (Å²) >= 11 is 1.70. The van der Waals surface area contributed by atoms with E-state index in [9.17, 15) is 0 Å². The zero-order chi connectivity index (χ0) is 16.5. The molecule has 1 atom stereocenters. The second-order valence-electron chi connectivity index (χ2n) is 6.27. The molecule has 1 unspecified atom stereocenters. The standard InChI is InChI=1S/C19H21N3OS/c1-13(14-3-4-19-18(10-14)21-12-24-19)22-7-5-15-9-16(23-2)11-20-17(15)6-8-22/h3-4,9-13H,5-8H2,1-2H3. The van der Waals surface area contributed by atoms with E-state index in [1.54, 1.807) is 18.4 Å². The van der Waals surface area contributed by atoms with Crippen molar-refractivity contribution in [3.05, 3.63) is 52.8 Å². The maximum absolute atomic E-state index is 5.32. The summed E-state index contributed by atoms with van der Waals surface area (Å²) in [6.07, 6.45) is 3.83. The van der Waals surface area contributed by atoms with Gasteiger partial charge in [0.05, 0.1) is 29.0 Å². The van der Waals surface area contributed by atoms with Crippen LogP contribution in [0.25, 0.3) is 10.2 Å². The van der Waals surface area contributed by atoms with Crippen LogP contribution >= 0.6 is 11.3 Å². The molecule has 0 spiro atoms. The van der Waals surface area contributed by atoms with Gasteiger partial charge in [0.2, 0.25) is 0 Å². The van der Waals surface area contributed by atoms with Crippen molar-refractivity contribution >= 4 is 21.6 Å². The van der Waals surface area contributed by atoms with Crippen LogP contribution in [-0.4, -0.2) is 35.1 Å². The summed E-state index contributed by atoms with van der Waals surface area (Å²) in [4.78, 5) is 11.6. The smallest absolute Gasteiger partial charge is 0.137 e. The Balaban J connectivity index is 1.54. The lowest BCUT2D eigenvalue weighted by molar-refractivity contribution is 0.221. The second kappa shape index (κ2) is 6.49. The predicted molar refractivity (Wildman–Crippen MR) is 97.8 cm³/mol. The monoisotopic (exact) mass is 339 g/mol. The number of ether oxygens (including phenoxy) is 1. The van der Waals surface area contributed by atoms with Crippen LogP contribution in [0, 0.1) is 0 Å². The normalized spacial score (nSPS) is 16.6. The molecule has 0 fully saturated rings. The van der Waals surface area contributed by atoms with E-state index in [1.807, 2.05) is 11.7 Å². The molecule has 3 aromatic rings. The molecule has 0 bridgehead atoms. The fourth-order valence-corrected chi connectivity index (χ4v) is 4.09. The Kier molecular flexibility index (Phi) is 4.21. The lowest BCUT2D eigenvalue weighted by Crippen LogP contribution is -2.29. The molecule has 4 nitrogen and oxygen atoms in total. The number of hydrogen-bond donors (Lipinski definition) is 0. The first-order chi connectivity index (χ1) is 11.7. The van der Waals surface area contributed by atoms with E-state index in [0.717, 1.165) is 37.2 Å². The summed E-state index contributed by atoms with van der Waals surface area (Å²) in [6, 6.07) is 9.18. The van der Waals surface area contributed by atoms with E-state index in [2.05, 4.69) is 46.1 Å². The van der Waals surface area contributed by atoms with Crippen LogP contribution < -0.4 is 4.74 Å². The van der Waals surface area contributed by atoms with E-state index < -0.39 is 0 Å². The number of thiazole rings is 1. The molecule has 1 aliphatic rings. The number of benzene rings is 1. The topological polar surface area (TPSA) is 38.2 Å². The summed E-state index contributed by atoms with van der Waals surface area (Å²) < 4.78 is 6.57. The summed E-state index contributed by atoms with van der Waals surface area (Å²) in [5, 5.41) is 0. The van der Waals surface area contributed by atoms with Crippen LogP contribution in [0.3, 0.4) is 0 Å². The van der Waals surface area contributed by atoms with E-state index >= 15 is 0 Å². The van der Waals surface area contributed by atoms with Crippen molar-refractivity contribution in [3.8, 4) is 5.75 Å². The fraction of sp³-hybridized carbons (Fsp3) is 0.368. The van der Waals surface area contributed by atoms with Crippen LogP contribution in [0.5, 0.6) is 5.75 Å². The molecule has 0 radical (unpaired) electrons.